The highest BCUT2D eigenvalue weighted by molar-refractivity contribution is 6.32. The van der Waals surface area contributed by atoms with Crippen molar-refractivity contribution in [3.63, 3.8) is 0 Å². The molecule has 0 radical (unpaired) electrons. The van der Waals surface area contributed by atoms with Gasteiger partial charge < -0.3 is 5.32 Å². The molecule has 0 spiro atoms. The normalized spacial score (nSPS) is 14.8. The molecule has 1 N–H and O–H groups in total. The van der Waals surface area contributed by atoms with Crippen LogP contribution in [0.2, 0.25) is 5.02 Å². The van der Waals surface area contributed by atoms with E-state index in [0.717, 1.165) is 17.0 Å². The number of hydrogen-bond acceptors (Lipinski definition) is 1. The van der Waals surface area contributed by atoms with Gasteiger partial charge >= 0.3 is 0 Å². The van der Waals surface area contributed by atoms with Gasteiger partial charge in [-0.15, -0.1) is 0 Å². The molecule has 0 aromatic heterocycles. The Morgan fingerprint density at radius 1 is 1.38 bits per heavy atom. The minimum atomic E-state index is 0.363. The van der Waals surface area contributed by atoms with E-state index in [-0.39, 0.29) is 0 Å². The van der Waals surface area contributed by atoms with Gasteiger partial charge in [0.05, 0.1) is 0 Å². The molecule has 2 heteroatoms. The van der Waals surface area contributed by atoms with Crippen LogP contribution < -0.4 is 5.32 Å². The van der Waals surface area contributed by atoms with Crippen molar-refractivity contribution in [2.24, 2.45) is 5.92 Å². The summed E-state index contributed by atoms with van der Waals surface area (Å²) >= 11 is 6.35. The van der Waals surface area contributed by atoms with E-state index in [1.807, 2.05) is 7.05 Å². The Labute approximate surface area is 104 Å². The Kier molecular flexibility index (Phi) is 5.30. The summed E-state index contributed by atoms with van der Waals surface area (Å²) in [7, 11) is 2.01. The van der Waals surface area contributed by atoms with Crippen molar-refractivity contribution in [1.29, 1.82) is 0 Å². The fourth-order valence-electron chi connectivity index (χ4n) is 1.91. The molecule has 1 rings (SSSR count). The molecule has 1 aromatic rings. The molecule has 0 heterocycles. The Bertz CT molecular complexity index is 336. The summed E-state index contributed by atoms with van der Waals surface area (Å²) < 4.78 is 0. The van der Waals surface area contributed by atoms with Crippen molar-refractivity contribution in [2.75, 3.05) is 7.05 Å². The first-order valence-electron chi connectivity index (χ1n) is 6.02. The average Bonchev–Trinajstić information content (AvgIpc) is 2.29. The van der Waals surface area contributed by atoms with Crippen molar-refractivity contribution in [3.8, 4) is 0 Å². The standard InChI is InChI=1S/C14H22ClN/c1-5-10(2)9-13(16-4)12-8-6-7-11(3)14(12)15/h6-8,10,13,16H,5,9H2,1-4H3. The van der Waals surface area contributed by atoms with Crippen LogP contribution in [0, 0.1) is 12.8 Å². The Morgan fingerprint density at radius 3 is 2.62 bits per heavy atom. The number of aryl methyl sites for hydroxylation is 1. The fraction of sp³-hybridized carbons (Fsp3) is 0.571. The van der Waals surface area contributed by atoms with E-state index >= 15 is 0 Å². The van der Waals surface area contributed by atoms with Gasteiger partial charge in [0.1, 0.15) is 0 Å². The zero-order chi connectivity index (χ0) is 12.1. The summed E-state index contributed by atoms with van der Waals surface area (Å²) in [5.41, 5.74) is 2.38. The maximum absolute atomic E-state index is 6.35. The van der Waals surface area contributed by atoms with E-state index < -0.39 is 0 Å². The first-order valence-corrected chi connectivity index (χ1v) is 6.40. The maximum atomic E-state index is 6.35. The van der Waals surface area contributed by atoms with E-state index in [4.69, 9.17) is 11.6 Å². The van der Waals surface area contributed by atoms with Gasteiger partial charge in [-0.05, 0) is 37.4 Å². The van der Waals surface area contributed by atoms with Crippen LogP contribution in [0.5, 0.6) is 0 Å². The lowest BCUT2D eigenvalue weighted by atomic mass is 9.93. The summed E-state index contributed by atoms with van der Waals surface area (Å²) in [6.07, 6.45) is 2.35. The lowest BCUT2D eigenvalue weighted by Crippen LogP contribution is -2.19. The zero-order valence-electron chi connectivity index (χ0n) is 10.7. The minimum absolute atomic E-state index is 0.363. The third-order valence-corrected chi connectivity index (χ3v) is 3.80. The van der Waals surface area contributed by atoms with Crippen LogP contribution >= 0.6 is 11.6 Å². The molecule has 0 bridgehead atoms. The Morgan fingerprint density at radius 2 is 2.06 bits per heavy atom. The van der Waals surface area contributed by atoms with E-state index in [1.165, 1.54) is 12.0 Å². The van der Waals surface area contributed by atoms with Crippen molar-refractivity contribution in [1.82, 2.24) is 5.32 Å². The van der Waals surface area contributed by atoms with Gasteiger partial charge in [0.15, 0.2) is 0 Å². The molecule has 1 aromatic carbocycles. The Hall–Kier alpha value is -0.530. The monoisotopic (exact) mass is 239 g/mol. The van der Waals surface area contributed by atoms with Crippen LogP contribution in [-0.2, 0) is 0 Å². The maximum Gasteiger partial charge on any atom is 0.0482 e. The summed E-state index contributed by atoms with van der Waals surface area (Å²) in [4.78, 5) is 0. The van der Waals surface area contributed by atoms with Crippen LogP contribution in [-0.4, -0.2) is 7.05 Å². The molecule has 90 valence electrons. The molecule has 2 atom stereocenters. The van der Waals surface area contributed by atoms with Crippen molar-refractivity contribution in [3.05, 3.63) is 34.3 Å². The number of halogens is 1. The number of benzene rings is 1. The highest BCUT2D eigenvalue weighted by Crippen LogP contribution is 2.30. The van der Waals surface area contributed by atoms with E-state index in [9.17, 15) is 0 Å². The van der Waals surface area contributed by atoms with Gasteiger partial charge in [0, 0.05) is 11.1 Å². The second-order valence-electron chi connectivity index (χ2n) is 4.57. The predicted octanol–water partition coefficient (Wildman–Crippen LogP) is 4.35. The van der Waals surface area contributed by atoms with E-state index in [2.05, 4.69) is 44.3 Å². The summed E-state index contributed by atoms with van der Waals surface area (Å²) in [5, 5.41) is 4.27. The number of rotatable bonds is 5. The first kappa shape index (κ1) is 13.5. The third kappa shape index (κ3) is 3.23. The average molecular weight is 240 g/mol. The predicted molar refractivity (Wildman–Crippen MR) is 72.1 cm³/mol. The smallest absolute Gasteiger partial charge is 0.0482 e. The van der Waals surface area contributed by atoms with Crippen LogP contribution in [0.1, 0.15) is 43.9 Å². The van der Waals surface area contributed by atoms with E-state index in [0.29, 0.717) is 12.0 Å². The van der Waals surface area contributed by atoms with Crippen LogP contribution in [0.4, 0.5) is 0 Å². The molecular formula is C14H22ClN. The lowest BCUT2D eigenvalue weighted by molar-refractivity contribution is 0.422. The summed E-state index contributed by atoms with van der Waals surface area (Å²) in [6, 6.07) is 6.63. The molecule has 1 nitrogen and oxygen atoms in total. The molecule has 0 saturated heterocycles. The largest absolute Gasteiger partial charge is 0.313 e. The van der Waals surface area contributed by atoms with Gasteiger partial charge in [0.25, 0.3) is 0 Å². The molecule has 0 aliphatic heterocycles. The van der Waals surface area contributed by atoms with Gasteiger partial charge in [-0.1, -0.05) is 50.1 Å². The quantitative estimate of drug-likeness (QED) is 0.806. The molecular weight excluding hydrogens is 218 g/mol. The molecule has 0 saturated carbocycles. The molecule has 0 amide bonds. The van der Waals surface area contributed by atoms with Crippen LogP contribution in [0.15, 0.2) is 18.2 Å². The van der Waals surface area contributed by atoms with Gasteiger partial charge in [0.2, 0.25) is 0 Å². The van der Waals surface area contributed by atoms with Gasteiger partial charge in [-0.2, -0.15) is 0 Å². The minimum Gasteiger partial charge on any atom is -0.313 e. The summed E-state index contributed by atoms with van der Waals surface area (Å²) in [6.45, 7) is 6.57. The molecule has 0 fully saturated rings. The SMILES string of the molecule is CCC(C)CC(NC)c1cccc(C)c1Cl. The topological polar surface area (TPSA) is 12.0 Å². The number of nitrogens with one attached hydrogen (secondary N) is 1. The zero-order valence-corrected chi connectivity index (χ0v) is 11.4. The molecule has 2 unspecified atom stereocenters. The van der Waals surface area contributed by atoms with Crippen LogP contribution in [0.3, 0.4) is 0 Å². The highest BCUT2D eigenvalue weighted by atomic mass is 35.5. The highest BCUT2D eigenvalue weighted by Gasteiger charge is 2.16. The lowest BCUT2D eigenvalue weighted by Gasteiger charge is -2.22. The first-order chi connectivity index (χ1) is 7.60. The molecule has 16 heavy (non-hydrogen) atoms. The molecule has 0 aliphatic carbocycles. The summed E-state index contributed by atoms with van der Waals surface area (Å²) in [5.74, 6) is 0.717. The number of hydrogen-bond donors (Lipinski definition) is 1. The van der Waals surface area contributed by atoms with E-state index in [1.54, 1.807) is 0 Å². The van der Waals surface area contributed by atoms with Crippen molar-refractivity contribution in [2.45, 2.75) is 39.7 Å². The third-order valence-electron chi connectivity index (χ3n) is 3.28. The Balaban J connectivity index is 2.90. The van der Waals surface area contributed by atoms with Gasteiger partial charge in [-0.3, -0.25) is 0 Å². The van der Waals surface area contributed by atoms with Gasteiger partial charge in [-0.25, -0.2) is 0 Å². The molecule has 0 aliphatic rings. The van der Waals surface area contributed by atoms with Crippen LogP contribution in [0.25, 0.3) is 0 Å². The van der Waals surface area contributed by atoms with Crippen molar-refractivity contribution < 1.29 is 0 Å². The second-order valence-corrected chi connectivity index (χ2v) is 4.95. The fourth-order valence-corrected chi connectivity index (χ4v) is 2.17. The van der Waals surface area contributed by atoms with Crippen molar-refractivity contribution >= 4 is 11.6 Å². The second kappa shape index (κ2) is 6.27.